The number of pyridine rings is 1. The molecule has 0 saturated carbocycles. The van der Waals surface area contributed by atoms with Gasteiger partial charge in [-0.05, 0) is 25.8 Å². The van der Waals surface area contributed by atoms with E-state index in [1.54, 1.807) is 0 Å². The molecule has 0 aliphatic heterocycles. The fraction of sp³-hybridized carbons (Fsp3) is 0.583. The van der Waals surface area contributed by atoms with E-state index in [0.717, 1.165) is 0 Å². The highest BCUT2D eigenvalue weighted by molar-refractivity contribution is 5.61. The summed E-state index contributed by atoms with van der Waals surface area (Å²) in [6, 6.07) is 2.99. The summed E-state index contributed by atoms with van der Waals surface area (Å²) in [7, 11) is 0. The topological polar surface area (TPSA) is 85.3 Å². The normalized spacial score (nSPS) is 11.0. The summed E-state index contributed by atoms with van der Waals surface area (Å²) < 4.78 is 0. The average Bonchev–Trinajstić information content (AvgIpc) is 2.24. The van der Waals surface area contributed by atoms with Gasteiger partial charge in [0.1, 0.15) is 5.82 Å². The van der Waals surface area contributed by atoms with Crippen molar-refractivity contribution in [3.8, 4) is 0 Å². The molecule has 1 aromatic heterocycles. The predicted molar refractivity (Wildman–Crippen MR) is 72.6 cm³/mol. The Kier molecular flexibility index (Phi) is 4.47. The van der Waals surface area contributed by atoms with Crippen molar-refractivity contribution < 1.29 is 4.92 Å². The number of hydrogen-bond donors (Lipinski definition) is 1. The van der Waals surface area contributed by atoms with Crippen LogP contribution in [0.25, 0.3) is 0 Å². The van der Waals surface area contributed by atoms with Crippen molar-refractivity contribution in [1.29, 1.82) is 0 Å². The van der Waals surface area contributed by atoms with E-state index >= 15 is 0 Å². The Hall–Kier alpha value is -1.85. The molecule has 18 heavy (non-hydrogen) atoms. The first-order valence-corrected chi connectivity index (χ1v) is 6.00. The predicted octanol–water partition coefficient (Wildman–Crippen LogP) is 2.44. The number of aromatic nitrogens is 1. The lowest BCUT2D eigenvalue weighted by Gasteiger charge is -2.29. The number of rotatable bonds is 5. The molecule has 0 aliphatic carbocycles. The van der Waals surface area contributed by atoms with Gasteiger partial charge >= 0.3 is 5.69 Å². The second-order valence-corrected chi connectivity index (χ2v) is 4.98. The molecule has 6 heteroatoms. The van der Waals surface area contributed by atoms with Crippen molar-refractivity contribution in [2.24, 2.45) is 5.92 Å². The van der Waals surface area contributed by atoms with Crippen molar-refractivity contribution in [2.45, 2.75) is 33.7 Å². The van der Waals surface area contributed by atoms with Crippen LogP contribution >= 0.6 is 0 Å². The number of nitrogens with two attached hydrogens (primary N) is 1. The summed E-state index contributed by atoms with van der Waals surface area (Å²) in [4.78, 5) is 16.7. The van der Waals surface area contributed by atoms with Crippen LogP contribution in [0.15, 0.2) is 12.1 Å². The van der Waals surface area contributed by atoms with Crippen molar-refractivity contribution >= 4 is 17.3 Å². The van der Waals surface area contributed by atoms with Crippen LogP contribution in [0.2, 0.25) is 0 Å². The number of nitrogens with zero attached hydrogens (tertiary/aromatic N) is 3. The van der Waals surface area contributed by atoms with Gasteiger partial charge in [-0.2, -0.15) is 0 Å². The van der Waals surface area contributed by atoms with E-state index in [-0.39, 0.29) is 11.7 Å². The van der Waals surface area contributed by atoms with E-state index in [4.69, 9.17) is 5.73 Å². The third-order valence-corrected chi connectivity index (χ3v) is 2.53. The van der Waals surface area contributed by atoms with E-state index in [1.165, 1.54) is 12.1 Å². The minimum absolute atomic E-state index is 0.00134. The van der Waals surface area contributed by atoms with Crippen LogP contribution in [0.5, 0.6) is 0 Å². The SMILES string of the molecule is CC(C)CN(c1nc(N)ccc1[N+](=O)[O-])C(C)C. The van der Waals surface area contributed by atoms with Crippen LogP contribution in [-0.2, 0) is 0 Å². The largest absolute Gasteiger partial charge is 0.384 e. The highest BCUT2D eigenvalue weighted by Gasteiger charge is 2.24. The third-order valence-electron chi connectivity index (χ3n) is 2.53. The van der Waals surface area contributed by atoms with Gasteiger partial charge in [-0.15, -0.1) is 0 Å². The molecule has 1 rings (SSSR count). The zero-order valence-corrected chi connectivity index (χ0v) is 11.3. The van der Waals surface area contributed by atoms with E-state index in [2.05, 4.69) is 18.8 Å². The molecule has 0 amide bonds. The van der Waals surface area contributed by atoms with Crippen molar-refractivity contribution in [3.05, 3.63) is 22.2 Å². The molecule has 2 N–H and O–H groups in total. The fourth-order valence-corrected chi connectivity index (χ4v) is 1.74. The number of hydrogen-bond acceptors (Lipinski definition) is 5. The fourth-order valence-electron chi connectivity index (χ4n) is 1.74. The van der Waals surface area contributed by atoms with Gasteiger partial charge < -0.3 is 10.6 Å². The molecular weight excluding hydrogens is 232 g/mol. The molecule has 0 atom stereocenters. The lowest BCUT2D eigenvalue weighted by atomic mass is 10.1. The number of nitrogen functional groups attached to an aromatic ring is 1. The van der Waals surface area contributed by atoms with Crippen LogP contribution in [0, 0.1) is 16.0 Å². The van der Waals surface area contributed by atoms with Gasteiger partial charge in [0, 0.05) is 18.7 Å². The quantitative estimate of drug-likeness (QED) is 0.642. The van der Waals surface area contributed by atoms with Gasteiger partial charge in [-0.25, -0.2) is 4.98 Å². The highest BCUT2D eigenvalue weighted by Crippen LogP contribution is 2.28. The van der Waals surface area contributed by atoms with Gasteiger partial charge in [0.05, 0.1) is 4.92 Å². The van der Waals surface area contributed by atoms with Gasteiger partial charge in [-0.1, -0.05) is 13.8 Å². The van der Waals surface area contributed by atoms with Gasteiger partial charge in [0.2, 0.25) is 5.82 Å². The Bertz CT molecular complexity index is 432. The van der Waals surface area contributed by atoms with Crippen molar-refractivity contribution in [3.63, 3.8) is 0 Å². The third kappa shape index (κ3) is 3.32. The van der Waals surface area contributed by atoms with Gasteiger partial charge in [0.25, 0.3) is 0 Å². The van der Waals surface area contributed by atoms with Crippen LogP contribution in [-0.4, -0.2) is 22.5 Å². The van der Waals surface area contributed by atoms with Crippen LogP contribution < -0.4 is 10.6 Å². The number of nitro groups is 1. The number of anilines is 2. The first-order chi connectivity index (χ1) is 8.32. The molecule has 0 aromatic carbocycles. The molecule has 6 nitrogen and oxygen atoms in total. The maximum absolute atomic E-state index is 11.0. The molecule has 0 unspecified atom stereocenters. The molecule has 0 spiro atoms. The van der Waals surface area contributed by atoms with E-state index in [0.29, 0.717) is 24.1 Å². The van der Waals surface area contributed by atoms with Crippen LogP contribution in [0.1, 0.15) is 27.7 Å². The zero-order chi connectivity index (χ0) is 13.9. The van der Waals surface area contributed by atoms with Crippen molar-refractivity contribution in [2.75, 3.05) is 17.2 Å². The second kappa shape index (κ2) is 5.66. The minimum atomic E-state index is -0.419. The Morgan fingerprint density at radius 2 is 2.00 bits per heavy atom. The molecular formula is C12H20N4O2. The van der Waals surface area contributed by atoms with Gasteiger partial charge in [-0.3, -0.25) is 10.1 Å². The first kappa shape index (κ1) is 14.2. The Morgan fingerprint density at radius 3 is 2.44 bits per heavy atom. The van der Waals surface area contributed by atoms with E-state index in [9.17, 15) is 10.1 Å². The summed E-state index contributed by atoms with van der Waals surface area (Å²) in [5.74, 6) is 1.03. The lowest BCUT2D eigenvalue weighted by Crippen LogP contribution is -2.35. The minimum Gasteiger partial charge on any atom is -0.384 e. The molecule has 100 valence electrons. The first-order valence-electron chi connectivity index (χ1n) is 6.00. The van der Waals surface area contributed by atoms with Crippen LogP contribution in [0.4, 0.5) is 17.3 Å². The molecule has 0 bridgehead atoms. The highest BCUT2D eigenvalue weighted by atomic mass is 16.6. The molecule has 0 radical (unpaired) electrons. The monoisotopic (exact) mass is 252 g/mol. The summed E-state index contributed by atoms with van der Waals surface area (Å²) in [6.07, 6.45) is 0. The standard InChI is InChI=1S/C12H20N4O2/c1-8(2)7-15(9(3)4)12-10(16(17)18)5-6-11(13)14-12/h5-6,8-9H,7H2,1-4H3,(H2,13,14). The maximum Gasteiger partial charge on any atom is 0.311 e. The van der Waals surface area contributed by atoms with E-state index in [1.807, 2.05) is 18.7 Å². The summed E-state index contributed by atoms with van der Waals surface area (Å²) in [5, 5.41) is 11.0. The van der Waals surface area contributed by atoms with Crippen LogP contribution in [0.3, 0.4) is 0 Å². The van der Waals surface area contributed by atoms with Crippen molar-refractivity contribution in [1.82, 2.24) is 4.98 Å². The lowest BCUT2D eigenvalue weighted by molar-refractivity contribution is -0.384. The summed E-state index contributed by atoms with van der Waals surface area (Å²) in [6.45, 7) is 8.80. The Labute approximate surface area is 107 Å². The Morgan fingerprint density at radius 1 is 1.39 bits per heavy atom. The molecule has 1 aromatic rings. The maximum atomic E-state index is 11.0. The average molecular weight is 252 g/mol. The molecule has 0 aliphatic rings. The van der Waals surface area contributed by atoms with Gasteiger partial charge in [0.15, 0.2) is 0 Å². The van der Waals surface area contributed by atoms with E-state index < -0.39 is 4.92 Å². The summed E-state index contributed by atoms with van der Waals surface area (Å²) in [5.41, 5.74) is 5.63. The molecule has 0 fully saturated rings. The molecule has 0 saturated heterocycles. The smallest absolute Gasteiger partial charge is 0.311 e. The Balaban J connectivity index is 3.25. The second-order valence-electron chi connectivity index (χ2n) is 4.98. The summed E-state index contributed by atoms with van der Waals surface area (Å²) >= 11 is 0. The molecule has 1 heterocycles. The zero-order valence-electron chi connectivity index (χ0n) is 11.3.